The van der Waals surface area contributed by atoms with Gasteiger partial charge in [0.1, 0.15) is 0 Å². The number of rotatable bonds is 18. The third kappa shape index (κ3) is 38.1. The van der Waals surface area contributed by atoms with E-state index in [0.29, 0.717) is 0 Å². The number of unbranched alkanes of at least 4 members (excludes halogenated alkanes) is 8. The van der Waals surface area contributed by atoms with Gasteiger partial charge in [-0.15, -0.1) is 0 Å². The topological polar surface area (TPSA) is 112 Å². The Hall–Kier alpha value is -1.14. The Bertz CT molecular complexity index is 397. The molecule has 0 spiro atoms. The number of hydrogen-bond acceptors (Lipinski definition) is 4. The van der Waals surface area contributed by atoms with Crippen molar-refractivity contribution < 1.29 is 24.3 Å². The monoisotopic (exact) mass is 490 g/mol. The van der Waals surface area contributed by atoms with E-state index in [9.17, 15) is 14.7 Å². The summed E-state index contributed by atoms with van der Waals surface area (Å²) < 4.78 is 1.00. The van der Waals surface area contributed by atoms with Crippen LogP contribution in [0.25, 0.3) is 0 Å². The molecule has 0 aliphatic rings. The van der Waals surface area contributed by atoms with Crippen molar-refractivity contribution in [3.05, 3.63) is 0 Å². The molecule has 0 saturated carbocycles. The molecule has 4 N–H and O–H groups in total. The molecule has 6 heteroatoms. The maximum atomic E-state index is 10.9. The molecule has 0 amide bonds. The minimum Gasteiger partial charge on any atom is -0.550 e. The second-order valence-corrected chi connectivity index (χ2v) is 10.7. The molecule has 0 bridgehead atoms. The smallest absolute Gasteiger partial charge is 0.306 e. The zero-order valence-electron chi connectivity index (χ0n) is 24.3. The highest BCUT2D eigenvalue weighted by Gasteiger charge is 2.15. The zero-order chi connectivity index (χ0) is 26.1. The summed E-state index contributed by atoms with van der Waals surface area (Å²) in [4.78, 5) is 21.6. The van der Waals surface area contributed by atoms with E-state index in [-0.39, 0.29) is 18.0 Å². The summed E-state index contributed by atoms with van der Waals surface area (Å²) in [6, 6.07) is 0. The third-order valence-corrected chi connectivity index (χ3v) is 5.31. The van der Waals surface area contributed by atoms with Gasteiger partial charge in [0.15, 0.2) is 0 Å². The number of nitrogens with zero attached hydrogens (tertiary/aromatic N) is 1. The van der Waals surface area contributed by atoms with Gasteiger partial charge >= 0.3 is 5.97 Å². The fraction of sp³-hybridized carbons (Fsp3) is 0.929. The molecule has 6 nitrogen and oxygen atoms in total. The molecular weight excluding hydrogens is 428 g/mol. The first kappa shape index (κ1) is 40.0. The van der Waals surface area contributed by atoms with Crippen LogP contribution in [-0.2, 0) is 9.59 Å². The molecule has 0 fully saturated rings. The van der Waals surface area contributed by atoms with Gasteiger partial charge in [0.05, 0.1) is 34.1 Å². The summed E-state index contributed by atoms with van der Waals surface area (Å²) in [5.41, 5.74) is 0. The lowest BCUT2D eigenvalue weighted by Crippen LogP contribution is -2.31. The van der Waals surface area contributed by atoms with Crippen LogP contribution in [0.4, 0.5) is 0 Å². The van der Waals surface area contributed by atoms with Gasteiger partial charge in [-0.2, -0.15) is 0 Å². The Labute approximate surface area is 213 Å². The summed E-state index contributed by atoms with van der Waals surface area (Å²) in [7, 11) is 8.50. The number of quaternary nitrogens is 1. The van der Waals surface area contributed by atoms with Crippen molar-refractivity contribution in [2.45, 2.75) is 130 Å². The van der Waals surface area contributed by atoms with Crippen LogP contribution in [0, 0.1) is 11.8 Å². The average Bonchev–Trinajstić information content (AvgIpc) is 2.71. The molecule has 208 valence electrons. The minimum atomic E-state index is -0.852. The molecule has 0 aromatic heterocycles. The Morgan fingerprint density at radius 3 is 1.21 bits per heavy atom. The predicted molar refractivity (Wildman–Crippen MR) is 145 cm³/mol. The van der Waals surface area contributed by atoms with Gasteiger partial charge in [0.2, 0.25) is 0 Å². The molecule has 2 atom stereocenters. The molecular formula is C28H62N2O4. The van der Waals surface area contributed by atoms with Crippen LogP contribution < -0.4 is 11.3 Å². The Kier molecular flexibility index (Phi) is 33.1. The highest BCUT2D eigenvalue weighted by atomic mass is 16.4. The van der Waals surface area contributed by atoms with Gasteiger partial charge in [-0.3, -0.25) is 4.79 Å². The number of aliphatic carboxylic acids is 2. The number of hydrogen-bond donors (Lipinski definition) is 2. The maximum Gasteiger partial charge on any atom is 0.306 e. The third-order valence-electron chi connectivity index (χ3n) is 5.31. The SMILES string of the molecule is CCCCCCC(CCCC)C(=O)O.CCCCCCC(CCCC)C(=O)[O-].C[N+](C)(C)C.N. The number of carboxylic acid groups (broad SMARTS) is 2. The number of carbonyl (C=O) groups excluding carboxylic acids is 1. The van der Waals surface area contributed by atoms with Crippen LogP contribution in [0.3, 0.4) is 0 Å². The largest absolute Gasteiger partial charge is 0.550 e. The lowest BCUT2D eigenvalue weighted by Gasteiger charge is -2.17. The van der Waals surface area contributed by atoms with Crippen molar-refractivity contribution >= 4 is 11.9 Å². The standard InChI is InChI=1S/2C12H24O2.C4H12N.H3N/c2*1-3-5-7-8-10-11(12(13)14)9-6-4-2;1-5(2,3)4;/h2*11H,3-10H2,1-2H3,(H,13,14);1-4H3;1H3/q;;+1;/p-1. The lowest BCUT2D eigenvalue weighted by atomic mass is 9.95. The second-order valence-electron chi connectivity index (χ2n) is 10.7. The van der Waals surface area contributed by atoms with Crippen molar-refractivity contribution in [1.29, 1.82) is 0 Å². The van der Waals surface area contributed by atoms with E-state index in [1.807, 2.05) is 0 Å². The summed E-state index contributed by atoms with van der Waals surface area (Å²) >= 11 is 0. The molecule has 0 aliphatic heterocycles. The fourth-order valence-corrected chi connectivity index (χ4v) is 3.31. The molecule has 34 heavy (non-hydrogen) atoms. The van der Waals surface area contributed by atoms with Gasteiger partial charge in [-0.25, -0.2) is 0 Å². The maximum absolute atomic E-state index is 10.9. The Morgan fingerprint density at radius 1 is 0.618 bits per heavy atom. The van der Waals surface area contributed by atoms with Gasteiger partial charge in [-0.05, 0) is 31.6 Å². The molecule has 0 heterocycles. The Morgan fingerprint density at radius 2 is 0.912 bits per heavy atom. The van der Waals surface area contributed by atoms with Gasteiger partial charge < -0.3 is 25.6 Å². The van der Waals surface area contributed by atoms with Crippen molar-refractivity contribution in [1.82, 2.24) is 6.15 Å². The second kappa shape index (κ2) is 28.1. The van der Waals surface area contributed by atoms with Crippen molar-refractivity contribution in [2.24, 2.45) is 11.8 Å². The highest BCUT2D eigenvalue weighted by Crippen LogP contribution is 2.18. The van der Waals surface area contributed by atoms with E-state index < -0.39 is 11.9 Å². The quantitative estimate of drug-likeness (QED) is 0.161. The predicted octanol–water partition coefficient (Wildman–Crippen LogP) is 6.85. The summed E-state index contributed by atoms with van der Waals surface area (Å²) in [5, 5.41) is 19.7. The zero-order valence-corrected chi connectivity index (χ0v) is 24.3. The van der Waals surface area contributed by atoms with Gasteiger partial charge in [0.25, 0.3) is 0 Å². The molecule has 0 rings (SSSR count). The van der Waals surface area contributed by atoms with Crippen molar-refractivity contribution in [2.75, 3.05) is 28.2 Å². The van der Waals surface area contributed by atoms with E-state index in [4.69, 9.17) is 5.11 Å². The van der Waals surface area contributed by atoms with Crippen LogP contribution in [0.5, 0.6) is 0 Å². The minimum absolute atomic E-state index is 0. The molecule has 0 aromatic carbocycles. The van der Waals surface area contributed by atoms with Crippen LogP contribution in [0.15, 0.2) is 0 Å². The van der Waals surface area contributed by atoms with Crippen LogP contribution in [0.1, 0.15) is 130 Å². The van der Waals surface area contributed by atoms with E-state index >= 15 is 0 Å². The highest BCUT2D eigenvalue weighted by molar-refractivity contribution is 5.69. The fourth-order valence-electron chi connectivity index (χ4n) is 3.31. The number of carbonyl (C=O) groups is 2. The van der Waals surface area contributed by atoms with Crippen LogP contribution >= 0.6 is 0 Å². The first-order valence-corrected chi connectivity index (χ1v) is 13.7. The lowest BCUT2D eigenvalue weighted by molar-refractivity contribution is -0.849. The molecule has 0 saturated heterocycles. The Balaban J connectivity index is -0.000000216. The van der Waals surface area contributed by atoms with Crippen LogP contribution in [-0.4, -0.2) is 49.7 Å². The van der Waals surface area contributed by atoms with Crippen molar-refractivity contribution in [3.63, 3.8) is 0 Å². The van der Waals surface area contributed by atoms with E-state index in [0.717, 1.165) is 75.1 Å². The summed E-state index contributed by atoms with van der Waals surface area (Å²) in [6.07, 6.45) is 16.9. The summed E-state index contributed by atoms with van der Waals surface area (Å²) in [6.45, 7) is 8.53. The molecule has 0 radical (unpaired) electrons. The van der Waals surface area contributed by atoms with E-state index in [1.54, 1.807) is 0 Å². The molecule has 0 aliphatic carbocycles. The number of carboxylic acids is 2. The van der Waals surface area contributed by atoms with Gasteiger partial charge in [-0.1, -0.05) is 105 Å². The first-order chi connectivity index (χ1) is 15.4. The normalized spacial score (nSPS) is 12.2. The van der Waals surface area contributed by atoms with E-state index in [2.05, 4.69) is 55.9 Å². The molecule has 2 unspecified atom stereocenters. The van der Waals surface area contributed by atoms with Gasteiger partial charge in [0, 0.05) is 5.97 Å². The average molecular weight is 491 g/mol. The first-order valence-electron chi connectivity index (χ1n) is 13.7. The van der Waals surface area contributed by atoms with Crippen LogP contribution in [0.2, 0.25) is 0 Å². The van der Waals surface area contributed by atoms with Crippen molar-refractivity contribution in [3.8, 4) is 0 Å². The summed E-state index contributed by atoms with van der Waals surface area (Å²) in [5.74, 6) is -1.75. The van der Waals surface area contributed by atoms with E-state index in [1.165, 1.54) is 32.1 Å². The molecule has 0 aromatic rings.